The molecule has 188 valence electrons. The number of hydrogen-bond acceptors (Lipinski definition) is 9. The van der Waals surface area contributed by atoms with Crippen molar-refractivity contribution in [2.45, 2.75) is 35.4 Å². The number of nitrogens with zero attached hydrogens (tertiary/aromatic N) is 3. The molecule has 0 saturated carbocycles. The third-order valence-electron chi connectivity index (χ3n) is 3.82. The normalized spacial score (nSPS) is 12.5. The number of benzene rings is 1. The highest BCUT2D eigenvalue weighted by atomic mass is 32.2. The van der Waals surface area contributed by atoms with Crippen molar-refractivity contribution in [3.63, 3.8) is 0 Å². The van der Waals surface area contributed by atoms with Crippen molar-refractivity contribution in [2.24, 2.45) is 21.5 Å². The Bertz CT molecular complexity index is 1240. The molecule has 16 heteroatoms. The standard InChI is InChI=1S/C18H28N8O4S4/c1-12(2)25-33(27,28)14-5-4-6-15(9-14)34(29,30)26-17(21-3)22-7-8-31-10-13-11-32-18(23-13)24-16(19)20/h4-6,9,11-12,25H,7-8,10H2,1-3H3,(H2,21,22,26)(H4,19,20,23,24). The molecule has 1 heterocycles. The Kier molecular flexibility index (Phi) is 10.1. The van der Waals surface area contributed by atoms with Crippen molar-refractivity contribution in [3.05, 3.63) is 35.3 Å². The molecule has 0 amide bonds. The first-order valence-electron chi connectivity index (χ1n) is 9.90. The van der Waals surface area contributed by atoms with Crippen molar-refractivity contribution in [3.8, 4) is 0 Å². The lowest BCUT2D eigenvalue weighted by molar-refractivity contribution is 0.569. The van der Waals surface area contributed by atoms with E-state index in [0.717, 1.165) is 11.8 Å². The second kappa shape index (κ2) is 12.3. The highest BCUT2D eigenvalue weighted by Crippen LogP contribution is 2.21. The van der Waals surface area contributed by atoms with Crippen LogP contribution in [-0.4, -0.2) is 59.1 Å². The summed E-state index contributed by atoms with van der Waals surface area (Å²) >= 11 is 2.91. The summed E-state index contributed by atoms with van der Waals surface area (Å²) in [5, 5.41) is 5.27. The first-order valence-corrected chi connectivity index (χ1v) is 14.9. The number of sulfonamides is 2. The topological polar surface area (TPSA) is 194 Å². The molecule has 7 N–H and O–H groups in total. The maximum absolute atomic E-state index is 12.8. The van der Waals surface area contributed by atoms with E-state index in [9.17, 15) is 16.8 Å². The lowest BCUT2D eigenvalue weighted by atomic mass is 10.4. The van der Waals surface area contributed by atoms with E-state index in [1.165, 1.54) is 36.6 Å². The fourth-order valence-electron chi connectivity index (χ4n) is 2.48. The summed E-state index contributed by atoms with van der Waals surface area (Å²) in [5.74, 6) is 1.27. The van der Waals surface area contributed by atoms with Gasteiger partial charge in [-0.2, -0.15) is 16.8 Å². The molecule has 2 aromatic rings. The number of thiazole rings is 1. The zero-order chi connectivity index (χ0) is 25.4. The second-order valence-electron chi connectivity index (χ2n) is 7.07. The van der Waals surface area contributed by atoms with Crippen molar-refractivity contribution in [2.75, 3.05) is 19.3 Å². The van der Waals surface area contributed by atoms with E-state index in [1.54, 1.807) is 25.6 Å². The molecule has 0 saturated heterocycles. The van der Waals surface area contributed by atoms with Crippen LogP contribution in [0.2, 0.25) is 0 Å². The summed E-state index contributed by atoms with van der Waals surface area (Å²) in [7, 11) is -6.46. The first-order chi connectivity index (χ1) is 15.9. The van der Waals surface area contributed by atoms with Crippen LogP contribution in [0.4, 0.5) is 5.13 Å². The van der Waals surface area contributed by atoms with E-state index >= 15 is 0 Å². The number of hydrogen-bond donors (Lipinski definition) is 5. The number of aliphatic imine (C=N–C) groups is 2. The molecule has 34 heavy (non-hydrogen) atoms. The van der Waals surface area contributed by atoms with Crippen LogP contribution >= 0.6 is 23.1 Å². The summed E-state index contributed by atoms with van der Waals surface area (Å²) in [6.07, 6.45) is 0. The first kappa shape index (κ1) is 27.8. The Morgan fingerprint density at radius 3 is 2.47 bits per heavy atom. The monoisotopic (exact) mass is 548 g/mol. The molecule has 2 rings (SSSR count). The van der Waals surface area contributed by atoms with Gasteiger partial charge in [0.05, 0.1) is 15.5 Å². The summed E-state index contributed by atoms with van der Waals surface area (Å²) in [4.78, 5) is 11.8. The summed E-state index contributed by atoms with van der Waals surface area (Å²) < 4.78 is 55.0. The molecular formula is C18H28N8O4S4. The van der Waals surface area contributed by atoms with Crippen LogP contribution in [0, 0.1) is 0 Å². The van der Waals surface area contributed by atoms with Gasteiger partial charge in [-0.25, -0.2) is 31.3 Å². The quantitative estimate of drug-likeness (QED) is 0.151. The summed E-state index contributed by atoms with van der Waals surface area (Å²) in [5.41, 5.74) is 11.5. The van der Waals surface area contributed by atoms with E-state index in [1.807, 2.05) is 5.38 Å². The van der Waals surface area contributed by atoms with Gasteiger partial charge < -0.3 is 16.8 Å². The Hall–Kier alpha value is -2.40. The molecule has 0 fully saturated rings. The minimum absolute atomic E-state index is 0.0397. The van der Waals surface area contributed by atoms with Crippen LogP contribution in [-0.2, 0) is 25.8 Å². The molecule has 1 aromatic carbocycles. The molecule has 0 radical (unpaired) electrons. The zero-order valence-corrected chi connectivity index (χ0v) is 22.1. The van der Waals surface area contributed by atoms with Gasteiger partial charge in [0, 0.05) is 36.5 Å². The van der Waals surface area contributed by atoms with Crippen molar-refractivity contribution < 1.29 is 16.8 Å². The number of guanidine groups is 2. The Labute approximate surface area is 207 Å². The number of aromatic nitrogens is 1. The maximum atomic E-state index is 12.8. The van der Waals surface area contributed by atoms with Crippen LogP contribution < -0.4 is 26.2 Å². The third kappa shape index (κ3) is 8.75. The lowest BCUT2D eigenvalue weighted by Gasteiger charge is -2.14. The van der Waals surface area contributed by atoms with Crippen LogP contribution in [0.25, 0.3) is 0 Å². The fourth-order valence-corrected chi connectivity index (χ4v) is 6.48. The Morgan fingerprint density at radius 1 is 1.18 bits per heavy atom. The highest BCUT2D eigenvalue weighted by molar-refractivity contribution is 7.98. The molecule has 1 aromatic heterocycles. The SMILES string of the molecule is CN=C(NCCSCc1csc(N=C(N)N)n1)NS(=O)(=O)c1cccc(S(=O)(=O)NC(C)C)c1. The molecule has 0 aliphatic heterocycles. The largest absolute Gasteiger partial charge is 0.370 e. The van der Waals surface area contributed by atoms with Gasteiger partial charge in [-0.3, -0.25) is 4.99 Å². The summed E-state index contributed by atoms with van der Waals surface area (Å²) in [6, 6.07) is 4.77. The minimum atomic E-state index is -4.06. The Morgan fingerprint density at radius 2 is 1.85 bits per heavy atom. The molecule has 0 spiro atoms. The van der Waals surface area contributed by atoms with Crippen LogP contribution in [0.15, 0.2) is 49.4 Å². The zero-order valence-electron chi connectivity index (χ0n) is 18.8. The molecule has 0 unspecified atom stereocenters. The van der Waals surface area contributed by atoms with Crippen molar-refractivity contribution in [1.29, 1.82) is 0 Å². The molecule has 0 aliphatic rings. The van der Waals surface area contributed by atoms with Gasteiger partial charge in [0.1, 0.15) is 0 Å². The molecule has 12 nitrogen and oxygen atoms in total. The van der Waals surface area contributed by atoms with Gasteiger partial charge in [-0.15, -0.1) is 11.3 Å². The second-order valence-corrected chi connectivity index (χ2v) is 12.4. The van der Waals surface area contributed by atoms with Gasteiger partial charge in [-0.1, -0.05) is 6.07 Å². The third-order valence-corrected chi connectivity index (χ3v) is 8.59. The molecular weight excluding hydrogens is 521 g/mol. The minimum Gasteiger partial charge on any atom is -0.370 e. The van der Waals surface area contributed by atoms with Crippen LogP contribution in [0.5, 0.6) is 0 Å². The van der Waals surface area contributed by atoms with Crippen LogP contribution in [0.1, 0.15) is 19.5 Å². The number of rotatable bonds is 11. The van der Waals surface area contributed by atoms with E-state index in [2.05, 4.69) is 29.7 Å². The van der Waals surface area contributed by atoms with Gasteiger partial charge in [0.15, 0.2) is 5.96 Å². The van der Waals surface area contributed by atoms with E-state index in [4.69, 9.17) is 11.5 Å². The molecule has 0 aliphatic carbocycles. The average Bonchev–Trinajstić information content (AvgIpc) is 3.18. The maximum Gasteiger partial charge on any atom is 0.264 e. The number of thioether (sulfide) groups is 1. The summed E-state index contributed by atoms with van der Waals surface area (Å²) in [6.45, 7) is 3.78. The van der Waals surface area contributed by atoms with E-state index < -0.39 is 20.0 Å². The molecule has 0 bridgehead atoms. The Balaban J connectivity index is 1.91. The predicted molar refractivity (Wildman–Crippen MR) is 137 cm³/mol. The van der Waals surface area contributed by atoms with Crippen LogP contribution in [0.3, 0.4) is 0 Å². The predicted octanol–water partition coefficient (Wildman–Crippen LogP) is 0.522. The van der Waals surface area contributed by atoms with E-state index in [0.29, 0.717) is 23.2 Å². The van der Waals surface area contributed by atoms with Gasteiger partial charge in [0.2, 0.25) is 21.1 Å². The smallest absolute Gasteiger partial charge is 0.264 e. The lowest BCUT2D eigenvalue weighted by Crippen LogP contribution is -2.41. The van der Waals surface area contributed by atoms with Crippen molar-refractivity contribution >= 4 is 60.2 Å². The van der Waals surface area contributed by atoms with Gasteiger partial charge in [-0.05, 0) is 32.0 Å². The number of nitrogens with one attached hydrogen (secondary N) is 3. The average molecular weight is 549 g/mol. The highest BCUT2D eigenvalue weighted by Gasteiger charge is 2.21. The van der Waals surface area contributed by atoms with Gasteiger partial charge >= 0.3 is 0 Å². The van der Waals surface area contributed by atoms with Crippen molar-refractivity contribution in [1.82, 2.24) is 19.7 Å². The molecule has 0 atom stereocenters. The fraction of sp³-hybridized carbons (Fsp3) is 0.389. The van der Waals surface area contributed by atoms with E-state index in [-0.39, 0.29) is 27.8 Å². The van der Waals surface area contributed by atoms with Gasteiger partial charge in [0.25, 0.3) is 10.0 Å². The number of nitrogens with two attached hydrogens (primary N) is 2.